The number of benzene rings is 1. The molecule has 15 heavy (non-hydrogen) atoms. The zero-order valence-corrected chi connectivity index (χ0v) is 9.48. The summed E-state index contributed by atoms with van der Waals surface area (Å²) in [6, 6.07) is 10.5. The van der Waals surface area contributed by atoms with Crippen molar-refractivity contribution in [2.45, 2.75) is 31.4 Å². The van der Waals surface area contributed by atoms with Gasteiger partial charge >= 0.3 is 0 Å². The molecule has 0 radical (unpaired) electrons. The Bertz CT molecular complexity index is 325. The maximum Gasteiger partial charge on any atom is 0.0851 e. The molecular formula is C13H19NO. The van der Waals surface area contributed by atoms with Gasteiger partial charge in [-0.05, 0) is 26.0 Å². The maximum atomic E-state index is 10.5. The van der Waals surface area contributed by atoms with E-state index >= 15 is 0 Å². The minimum atomic E-state index is -0.546. The van der Waals surface area contributed by atoms with Gasteiger partial charge in [0, 0.05) is 19.0 Å². The van der Waals surface area contributed by atoms with E-state index in [4.69, 9.17) is 0 Å². The first-order valence-corrected chi connectivity index (χ1v) is 5.58. The third-order valence-corrected chi connectivity index (χ3v) is 3.69. The van der Waals surface area contributed by atoms with Crippen molar-refractivity contribution in [2.75, 3.05) is 13.6 Å². The fourth-order valence-corrected chi connectivity index (χ4v) is 2.37. The van der Waals surface area contributed by atoms with Crippen LogP contribution in [0.4, 0.5) is 0 Å². The van der Waals surface area contributed by atoms with E-state index in [2.05, 4.69) is 31.0 Å². The molecule has 2 atom stereocenters. The van der Waals surface area contributed by atoms with Gasteiger partial charge in [-0.2, -0.15) is 0 Å². The van der Waals surface area contributed by atoms with Crippen LogP contribution in [-0.4, -0.2) is 35.2 Å². The van der Waals surface area contributed by atoms with Gasteiger partial charge in [0.25, 0.3) is 0 Å². The van der Waals surface area contributed by atoms with Gasteiger partial charge in [-0.15, -0.1) is 0 Å². The molecule has 2 heteroatoms. The lowest BCUT2D eigenvalue weighted by Gasteiger charge is -2.29. The summed E-state index contributed by atoms with van der Waals surface area (Å²) in [5, 5.41) is 10.5. The number of likely N-dealkylation sites (tertiary alicyclic amines) is 1. The predicted molar refractivity (Wildman–Crippen MR) is 61.8 cm³/mol. The van der Waals surface area contributed by atoms with E-state index in [0.29, 0.717) is 0 Å². The molecule has 2 nitrogen and oxygen atoms in total. The van der Waals surface area contributed by atoms with E-state index in [1.54, 1.807) is 0 Å². The zero-order chi connectivity index (χ0) is 10.9. The Balaban J connectivity index is 2.12. The molecule has 0 amide bonds. The van der Waals surface area contributed by atoms with Gasteiger partial charge in [0.1, 0.15) is 0 Å². The summed E-state index contributed by atoms with van der Waals surface area (Å²) in [6.45, 7) is 3.10. The first-order valence-electron chi connectivity index (χ1n) is 5.58. The molecule has 1 heterocycles. The van der Waals surface area contributed by atoms with Crippen LogP contribution in [0.5, 0.6) is 0 Å². The Morgan fingerprint density at radius 2 is 2.07 bits per heavy atom. The lowest BCUT2D eigenvalue weighted by molar-refractivity contribution is 0.0155. The van der Waals surface area contributed by atoms with Crippen molar-refractivity contribution < 1.29 is 5.11 Å². The average Bonchev–Trinajstić information content (AvgIpc) is 2.48. The molecule has 82 valence electrons. The Morgan fingerprint density at radius 3 is 2.60 bits per heavy atom. The second-order valence-electron chi connectivity index (χ2n) is 4.67. The highest BCUT2D eigenvalue weighted by atomic mass is 16.3. The van der Waals surface area contributed by atoms with Gasteiger partial charge in [0.15, 0.2) is 0 Å². The lowest BCUT2D eigenvalue weighted by Crippen LogP contribution is -2.42. The Morgan fingerprint density at radius 1 is 1.40 bits per heavy atom. The van der Waals surface area contributed by atoms with E-state index in [1.807, 2.05) is 18.2 Å². The zero-order valence-electron chi connectivity index (χ0n) is 9.48. The standard InChI is InChI=1S/C13H19NO/c1-11-13(15,8-9-14(11)2)10-12-6-4-3-5-7-12/h3-7,11,15H,8-10H2,1-2H3/t11-,13+/m0/s1. The Hall–Kier alpha value is -0.860. The van der Waals surface area contributed by atoms with Gasteiger partial charge in [-0.1, -0.05) is 30.3 Å². The molecule has 1 aliphatic rings. The highest BCUT2D eigenvalue weighted by Crippen LogP contribution is 2.30. The van der Waals surface area contributed by atoms with E-state index in [9.17, 15) is 5.11 Å². The van der Waals surface area contributed by atoms with Crippen molar-refractivity contribution >= 4 is 0 Å². The summed E-state index contributed by atoms with van der Waals surface area (Å²) in [7, 11) is 2.08. The third kappa shape index (κ3) is 2.06. The Kier molecular flexibility index (Phi) is 2.81. The quantitative estimate of drug-likeness (QED) is 0.794. The normalized spacial score (nSPS) is 32.1. The SMILES string of the molecule is C[C@@H]1N(C)CC[C@@]1(O)Cc1ccccc1. The highest BCUT2D eigenvalue weighted by Gasteiger charge is 2.41. The van der Waals surface area contributed by atoms with Crippen molar-refractivity contribution in [3.8, 4) is 0 Å². The summed E-state index contributed by atoms with van der Waals surface area (Å²) in [4.78, 5) is 2.23. The van der Waals surface area contributed by atoms with E-state index in [-0.39, 0.29) is 6.04 Å². The van der Waals surface area contributed by atoms with Crippen LogP contribution in [0, 0.1) is 0 Å². The smallest absolute Gasteiger partial charge is 0.0851 e. The molecule has 0 unspecified atom stereocenters. The van der Waals surface area contributed by atoms with E-state index in [0.717, 1.165) is 19.4 Å². The molecule has 0 saturated carbocycles. The van der Waals surface area contributed by atoms with Crippen LogP contribution >= 0.6 is 0 Å². The second kappa shape index (κ2) is 3.95. The van der Waals surface area contributed by atoms with Gasteiger partial charge in [-0.25, -0.2) is 0 Å². The van der Waals surface area contributed by atoms with Gasteiger partial charge in [0.2, 0.25) is 0 Å². The number of likely N-dealkylation sites (N-methyl/N-ethyl adjacent to an activating group) is 1. The van der Waals surface area contributed by atoms with Crippen molar-refractivity contribution in [3.63, 3.8) is 0 Å². The number of hydrogen-bond acceptors (Lipinski definition) is 2. The Labute approximate surface area is 91.5 Å². The lowest BCUT2D eigenvalue weighted by atomic mass is 9.88. The number of aliphatic hydroxyl groups is 1. The molecule has 1 aromatic carbocycles. The first-order chi connectivity index (χ1) is 7.12. The van der Waals surface area contributed by atoms with Gasteiger partial charge in [0.05, 0.1) is 5.60 Å². The van der Waals surface area contributed by atoms with Crippen LogP contribution < -0.4 is 0 Å². The van der Waals surface area contributed by atoms with Crippen LogP contribution in [0.1, 0.15) is 18.9 Å². The van der Waals surface area contributed by atoms with Crippen LogP contribution in [0.25, 0.3) is 0 Å². The van der Waals surface area contributed by atoms with Gasteiger partial charge < -0.3 is 10.0 Å². The fraction of sp³-hybridized carbons (Fsp3) is 0.538. The largest absolute Gasteiger partial charge is 0.388 e. The van der Waals surface area contributed by atoms with Crippen molar-refractivity contribution in [1.29, 1.82) is 0 Å². The fourth-order valence-electron chi connectivity index (χ4n) is 2.37. The summed E-state index contributed by atoms with van der Waals surface area (Å²) in [6.07, 6.45) is 1.64. The molecule has 0 bridgehead atoms. The second-order valence-corrected chi connectivity index (χ2v) is 4.67. The first kappa shape index (κ1) is 10.7. The molecule has 2 rings (SSSR count). The monoisotopic (exact) mass is 205 g/mol. The minimum Gasteiger partial charge on any atom is -0.388 e. The molecule has 1 fully saturated rings. The molecule has 0 aromatic heterocycles. The molecule has 0 aliphatic carbocycles. The van der Waals surface area contributed by atoms with Crippen molar-refractivity contribution in [2.24, 2.45) is 0 Å². The number of nitrogens with zero attached hydrogens (tertiary/aromatic N) is 1. The summed E-state index contributed by atoms with van der Waals surface area (Å²) < 4.78 is 0. The van der Waals surface area contributed by atoms with Crippen LogP contribution in [0.3, 0.4) is 0 Å². The number of hydrogen-bond donors (Lipinski definition) is 1. The van der Waals surface area contributed by atoms with Crippen molar-refractivity contribution in [3.05, 3.63) is 35.9 Å². The molecular weight excluding hydrogens is 186 g/mol. The van der Waals surface area contributed by atoms with Crippen LogP contribution in [-0.2, 0) is 6.42 Å². The predicted octanol–water partition coefficient (Wildman–Crippen LogP) is 1.68. The average molecular weight is 205 g/mol. The van der Waals surface area contributed by atoms with Crippen LogP contribution in [0.2, 0.25) is 0 Å². The maximum absolute atomic E-state index is 10.5. The molecule has 1 N–H and O–H groups in total. The summed E-state index contributed by atoms with van der Waals surface area (Å²) >= 11 is 0. The summed E-state index contributed by atoms with van der Waals surface area (Å²) in [5.41, 5.74) is 0.679. The molecule has 1 aromatic rings. The van der Waals surface area contributed by atoms with Crippen LogP contribution in [0.15, 0.2) is 30.3 Å². The van der Waals surface area contributed by atoms with E-state index < -0.39 is 5.60 Å². The topological polar surface area (TPSA) is 23.5 Å². The minimum absolute atomic E-state index is 0.248. The molecule has 0 spiro atoms. The van der Waals surface area contributed by atoms with E-state index in [1.165, 1.54) is 5.56 Å². The van der Waals surface area contributed by atoms with Gasteiger partial charge in [-0.3, -0.25) is 0 Å². The number of rotatable bonds is 2. The molecule has 1 aliphatic heterocycles. The summed E-state index contributed by atoms with van der Waals surface area (Å²) in [5.74, 6) is 0. The highest BCUT2D eigenvalue weighted by molar-refractivity contribution is 5.18. The third-order valence-electron chi connectivity index (χ3n) is 3.69. The van der Waals surface area contributed by atoms with Crippen molar-refractivity contribution in [1.82, 2.24) is 4.90 Å². The molecule has 1 saturated heterocycles.